The zero-order valence-corrected chi connectivity index (χ0v) is 11.9. The van der Waals surface area contributed by atoms with E-state index in [0.29, 0.717) is 19.6 Å². The van der Waals surface area contributed by atoms with Crippen LogP contribution in [0.3, 0.4) is 0 Å². The average molecular weight is 293 g/mol. The van der Waals surface area contributed by atoms with Gasteiger partial charge < -0.3 is 20.1 Å². The van der Waals surface area contributed by atoms with Crippen molar-refractivity contribution in [3.05, 3.63) is 30.1 Å². The van der Waals surface area contributed by atoms with Gasteiger partial charge in [0.25, 0.3) is 0 Å². The summed E-state index contributed by atoms with van der Waals surface area (Å²) < 4.78 is 5.11. The summed E-state index contributed by atoms with van der Waals surface area (Å²) in [5, 5.41) is 11.8. The maximum absolute atomic E-state index is 12.1. The maximum atomic E-state index is 12.1. The Morgan fingerprint density at radius 3 is 2.90 bits per heavy atom. The molecule has 21 heavy (non-hydrogen) atoms. The van der Waals surface area contributed by atoms with Crippen molar-refractivity contribution in [1.29, 1.82) is 0 Å². The molecule has 0 aromatic carbocycles. The lowest BCUT2D eigenvalue weighted by Crippen LogP contribution is -2.58. The molecule has 0 spiro atoms. The third-order valence-corrected chi connectivity index (χ3v) is 3.55. The van der Waals surface area contributed by atoms with E-state index in [4.69, 9.17) is 4.74 Å². The van der Waals surface area contributed by atoms with Crippen molar-refractivity contribution in [2.24, 2.45) is 0 Å². The second kappa shape index (κ2) is 6.53. The molecule has 2 heterocycles. The Morgan fingerprint density at radius 1 is 1.52 bits per heavy atom. The number of hydrogen-bond acceptors (Lipinski definition) is 4. The van der Waals surface area contributed by atoms with Crippen molar-refractivity contribution in [3.8, 4) is 0 Å². The highest BCUT2D eigenvalue weighted by Crippen LogP contribution is 2.19. The molecular weight excluding hydrogens is 274 g/mol. The number of nitrogens with one attached hydrogen (secondary N) is 1. The Morgan fingerprint density at radius 2 is 2.33 bits per heavy atom. The molecule has 7 nitrogen and oxygen atoms in total. The summed E-state index contributed by atoms with van der Waals surface area (Å²) in [6, 6.07) is 5.18. The second-order valence-corrected chi connectivity index (χ2v) is 5.11. The molecule has 1 aromatic heterocycles. The molecule has 2 rings (SSSR count). The number of carbonyl (C=O) groups is 2. The minimum atomic E-state index is -1.31. The number of carboxylic acid groups (broad SMARTS) is 1. The van der Waals surface area contributed by atoms with Crippen LogP contribution in [-0.2, 0) is 16.0 Å². The van der Waals surface area contributed by atoms with E-state index in [1.807, 2.05) is 18.2 Å². The van der Waals surface area contributed by atoms with Gasteiger partial charge in [-0.3, -0.25) is 4.98 Å². The largest absolute Gasteiger partial charge is 0.479 e. The predicted octanol–water partition coefficient (Wildman–Crippen LogP) is 0.509. The Balaban J connectivity index is 1.89. The van der Waals surface area contributed by atoms with Crippen LogP contribution < -0.4 is 5.32 Å². The zero-order valence-electron chi connectivity index (χ0n) is 11.9. The topological polar surface area (TPSA) is 91.8 Å². The molecule has 2 N–H and O–H groups in total. The Hall–Kier alpha value is -2.15. The number of ether oxygens (including phenoxy) is 1. The fraction of sp³-hybridized carbons (Fsp3) is 0.500. The monoisotopic (exact) mass is 293 g/mol. The molecule has 2 amide bonds. The summed E-state index contributed by atoms with van der Waals surface area (Å²) in [6.07, 6.45) is 2.59. The number of likely N-dealkylation sites (N-methyl/N-ethyl adjacent to an activating group) is 1. The van der Waals surface area contributed by atoms with Crippen LogP contribution in [0.4, 0.5) is 4.79 Å². The molecular formula is C14H19N3O4. The fourth-order valence-electron chi connectivity index (χ4n) is 2.12. The number of amides is 2. The van der Waals surface area contributed by atoms with Crippen LogP contribution in [0.2, 0.25) is 0 Å². The summed E-state index contributed by atoms with van der Waals surface area (Å²) in [5.41, 5.74) is -0.426. The quantitative estimate of drug-likeness (QED) is 0.825. The molecule has 0 radical (unpaired) electrons. The van der Waals surface area contributed by atoms with Crippen LogP contribution in [0.5, 0.6) is 0 Å². The number of nitrogens with zero attached hydrogens (tertiary/aromatic N) is 2. The van der Waals surface area contributed by atoms with E-state index in [0.717, 1.165) is 5.69 Å². The maximum Gasteiger partial charge on any atom is 0.332 e. The first-order valence-electron chi connectivity index (χ1n) is 6.78. The average Bonchev–Trinajstić information content (AvgIpc) is 2.95. The van der Waals surface area contributed by atoms with Crippen LogP contribution in [0.15, 0.2) is 24.4 Å². The van der Waals surface area contributed by atoms with Crippen molar-refractivity contribution in [2.45, 2.75) is 18.4 Å². The van der Waals surface area contributed by atoms with Gasteiger partial charge in [0, 0.05) is 44.9 Å². The van der Waals surface area contributed by atoms with Gasteiger partial charge in [0.05, 0.1) is 6.61 Å². The Kier molecular flexibility index (Phi) is 4.74. The molecule has 1 atom stereocenters. The molecule has 1 fully saturated rings. The van der Waals surface area contributed by atoms with Crippen LogP contribution in [0.25, 0.3) is 0 Å². The van der Waals surface area contributed by atoms with Crippen LogP contribution in [0.1, 0.15) is 12.1 Å². The number of carboxylic acids is 1. The minimum Gasteiger partial charge on any atom is -0.479 e. The zero-order chi connectivity index (χ0) is 15.3. The fourth-order valence-corrected chi connectivity index (χ4v) is 2.12. The minimum absolute atomic E-state index is 0.00214. The number of urea groups is 1. The van der Waals surface area contributed by atoms with E-state index in [1.165, 1.54) is 4.90 Å². The number of hydrogen-bond donors (Lipinski definition) is 2. The van der Waals surface area contributed by atoms with Gasteiger partial charge in [-0.1, -0.05) is 6.07 Å². The predicted molar refractivity (Wildman–Crippen MR) is 74.9 cm³/mol. The lowest BCUT2D eigenvalue weighted by atomic mass is 9.99. The van der Waals surface area contributed by atoms with E-state index >= 15 is 0 Å². The number of carbonyl (C=O) groups excluding carboxylic acids is 1. The highest BCUT2D eigenvalue weighted by molar-refractivity contribution is 5.86. The molecule has 0 saturated carbocycles. The van der Waals surface area contributed by atoms with Crippen molar-refractivity contribution in [3.63, 3.8) is 0 Å². The first-order valence-corrected chi connectivity index (χ1v) is 6.78. The van der Waals surface area contributed by atoms with Crippen molar-refractivity contribution >= 4 is 12.0 Å². The lowest BCUT2D eigenvalue weighted by Gasteiger charge is -2.27. The smallest absolute Gasteiger partial charge is 0.332 e. The van der Waals surface area contributed by atoms with Crippen molar-refractivity contribution in [2.75, 3.05) is 26.8 Å². The summed E-state index contributed by atoms with van der Waals surface area (Å²) in [7, 11) is 1.63. The number of rotatable bonds is 5. The first-order chi connectivity index (χ1) is 10.0. The summed E-state index contributed by atoms with van der Waals surface area (Å²) in [4.78, 5) is 29.1. The molecule has 1 aromatic rings. The normalized spacial score (nSPS) is 21.0. The molecule has 1 saturated heterocycles. The van der Waals surface area contributed by atoms with Gasteiger partial charge in [-0.05, 0) is 12.1 Å². The van der Waals surface area contributed by atoms with Crippen LogP contribution in [-0.4, -0.2) is 59.3 Å². The Labute approximate surface area is 122 Å². The third-order valence-electron chi connectivity index (χ3n) is 3.55. The summed E-state index contributed by atoms with van der Waals surface area (Å²) in [6.45, 7) is 0.797. The highest BCUT2D eigenvalue weighted by Gasteiger charge is 2.44. The third kappa shape index (κ3) is 3.69. The summed E-state index contributed by atoms with van der Waals surface area (Å²) >= 11 is 0. The van der Waals surface area contributed by atoms with E-state index in [2.05, 4.69) is 10.3 Å². The van der Waals surface area contributed by atoms with Gasteiger partial charge in [-0.2, -0.15) is 0 Å². The van der Waals surface area contributed by atoms with E-state index < -0.39 is 17.5 Å². The van der Waals surface area contributed by atoms with E-state index in [1.54, 1.807) is 13.2 Å². The molecule has 7 heteroatoms. The van der Waals surface area contributed by atoms with Crippen LogP contribution in [0, 0.1) is 0 Å². The Bertz CT molecular complexity index is 500. The molecule has 0 aliphatic carbocycles. The lowest BCUT2D eigenvalue weighted by molar-refractivity contribution is -0.144. The molecule has 1 aliphatic heterocycles. The van der Waals surface area contributed by atoms with Crippen LogP contribution >= 0.6 is 0 Å². The van der Waals surface area contributed by atoms with Gasteiger partial charge in [-0.25, -0.2) is 9.59 Å². The molecule has 1 aliphatic rings. The molecule has 1 unspecified atom stereocenters. The standard InChI is InChI=1S/C14H19N3O4/c1-17(8-5-11-4-2-3-7-15-11)13(20)16-14(12(18)19)6-9-21-10-14/h2-4,7H,5-6,8-10H2,1H3,(H,16,20)(H,18,19). The van der Waals surface area contributed by atoms with Gasteiger partial charge in [0.1, 0.15) is 0 Å². The van der Waals surface area contributed by atoms with E-state index in [-0.39, 0.29) is 13.0 Å². The molecule has 114 valence electrons. The van der Waals surface area contributed by atoms with Gasteiger partial charge in [-0.15, -0.1) is 0 Å². The number of pyridine rings is 1. The second-order valence-electron chi connectivity index (χ2n) is 5.11. The van der Waals surface area contributed by atoms with Gasteiger partial charge >= 0.3 is 12.0 Å². The number of aromatic nitrogens is 1. The highest BCUT2D eigenvalue weighted by atomic mass is 16.5. The number of aliphatic carboxylic acids is 1. The van der Waals surface area contributed by atoms with Crippen molar-refractivity contribution < 1.29 is 19.4 Å². The van der Waals surface area contributed by atoms with Gasteiger partial charge in [0.15, 0.2) is 5.54 Å². The van der Waals surface area contributed by atoms with E-state index in [9.17, 15) is 14.7 Å². The SMILES string of the molecule is CN(CCc1ccccn1)C(=O)NC1(C(=O)O)CCOC1. The first kappa shape index (κ1) is 15.2. The molecule has 0 bridgehead atoms. The van der Waals surface area contributed by atoms with Crippen molar-refractivity contribution in [1.82, 2.24) is 15.2 Å². The summed E-state index contributed by atoms with van der Waals surface area (Å²) in [5.74, 6) is -1.06. The van der Waals surface area contributed by atoms with Gasteiger partial charge in [0.2, 0.25) is 0 Å².